The summed E-state index contributed by atoms with van der Waals surface area (Å²) in [5, 5.41) is 0. The Bertz CT molecular complexity index is 314. The van der Waals surface area contributed by atoms with Gasteiger partial charge in [-0.25, -0.2) is 4.79 Å². The molecule has 0 aromatic heterocycles. The molecular weight excluding hydrogens is 190 g/mol. The molecule has 0 atom stereocenters. The van der Waals surface area contributed by atoms with Crippen molar-refractivity contribution < 1.29 is 9.53 Å². The Labute approximate surface area is 89.8 Å². The first-order chi connectivity index (χ1) is 7.33. The summed E-state index contributed by atoms with van der Waals surface area (Å²) in [6.45, 7) is 3.98. The molecule has 0 spiro atoms. The van der Waals surface area contributed by atoms with Gasteiger partial charge in [0.1, 0.15) is 0 Å². The second-order valence-corrected chi connectivity index (χ2v) is 3.36. The molecule has 1 heterocycles. The molecule has 1 aliphatic heterocycles. The van der Waals surface area contributed by atoms with E-state index in [1.54, 1.807) is 12.1 Å². The van der Waals surface area contributed by atoms with Gasteiger partial charge in [-0.3, -0.25) is 0 Å². The summed E-state index contributed by atoms with van der Waals surface area (Å²) < 4.78 is 4.94. The van der Waals surface area contributed by atoms with Gasteiger partial charge in [0.2, 0.25) is 6.08 Å². The molecule has 0 bridgehead atoms. The monoisotopic (exact) mass is 205 g/mol. The summed E-state index contributed by atoms with van der Waals surface area (Å²) in [7, 11) is 0. The molecule has 0 unspecified atom stereocenters. The molecule has 0 amide bonds. The van der Waals surface area contributed by atoms with E-state index in [0.29, 0.717) is 5.69 Å². The summed E-state index contributed by atoms with van der Waals surface area (Å²) in [6, 6.07) is 7.35. The Morgan fingerprint density at radius 1 is 1.20 bits per heavy atom. The fourth-order valence-corrected chi connectivity index (χ4v) is 1.18. The number of hydrogen-bond donors (Lipinski definition) is 0. The van der Waals surface area contributed by atoms with Crippen molar-refractivity contribution in [2.45, 2.75) is 19.8 Å². The highest BCUT2D eigenvalue weighted by Gasteiger charge is 1.94. The zero-order valence-electron chi connectivity index (χ0n) is 8.90. The number of aliphatic imine (C=N–C) groups is 1. The second kappa shape index (κ2) is 6.93. The average Bonchev–Trinajstić information content (AvgIpc) is 2.80. The number of carbonyl (C=O) groups excluding carboxylic acids is 1. The summed E-state index contributed by atoms with van der Waals surface area (Å²) >= 11 is 0. The minimum atomic E-state index is 0.653. The summed E-state index contributed by atoms with van der Waals surface area (Å²) in [6.07, 6.45) is 4.03. The molecule has 15 heavy (non-hydrogen) atoms. The molecule has 0 aliphatic carbocycles. The van der Waals surface area contributed by atoms with E-state index in [0.717, 1.165) is 18.8 Å². The highest BCUT2D eigenvalue weighted by molar-refractivity contribution is 5.48. The van der Waals surface area contributed by atoms with E-state index >= 15 is 0 Å². The molecule has 1 aromatic carbocycles. The molecule has 1 fully saturated rings. The van der Waals surface area contributed by atoms with Gasteiger partial charge in [-0.15, -0.1) is 0 Å². The van der Waals surface area contributed by atoms with Crippen molar-refractivity contribution in [3.63, 3.8) is 0 Å². The van der Waals surface area contributed by atoms with Gasteiger partial charge >= 0.3 is 0 Å². The maximum atomic E-state index is 9.77. The van der Waals surface area contributed by atoms with Crippen molar-refractivity contribution in [1.29, 1.82) is 0 Å². The summed E-state index contributed by atoms with van der Waals surface area (Å²) in [4.78, 5) is 13.2. The molecule has 2 rings (SSSR count). The van der Waals surface area contributed by atoms with Crippen molar-refractivity contribution >= 4 is 11.8 Å². The molecule has 0 radical (unpaired) electrons. The molecule has 0 saturated carbocycles. The lowest BCUT2D eigenvalue weighted by molar-refractivity contribution is 0.198. The second-order valence-electron chi connectivity index (χ2n) is 3.36. The number of rotatable bonds is 1. The number of nitrogens with zero attached hydrogens (tertiary/aromatic N) is 1. The summed E-state index contributed by atoms with van der Waals surface area (Å²) in [5.41, 5.74) is 1.81. The van der Waals surface area contributed by atoms with E-state index in [-0.39, 0.29) is 0 Å². The minimum Gasteiger partial charge on any atom is -0.381 e. The quantitative estimate of drug-likeness (QED) is 0.522. The summed E-state index contributed by atoms with van der Waals surface area (Å²) in [5.74, 6) is 0. The molecule has 1 saturated heterocycles. The van der Waals surface area contributed by atoms with Gasteiger partial charge in [-0.1, -0.05) is 17.7 Å². The molecule has 0 N–H and O–H groups in total. The van der Waals surface area contributed by atoms with Gasteiger partial charge in [0.15, 0.2) is 0 Å². The van der Waals surface area contributed by atoms with Crippen LogP contribution in [0, 0.1) is 6.92 Å². The fraction of sp³-hybridized carbons (Fsp3) is 0.417. The number of aryl methyl sites for hydroxylation is 1. The van der Waals surface area contributed by atoms with Crippen LogP contribution in [0.1, 0.15) is 18.4 Å². The van der Waals surface area contributed by atoms with Crippen LogP contribution in [0.25, 0.3) is 0 Å². The van der Waals surface area contributed by atoms with E-state index in [4.69, 9.17) is 4.74 Å². The predicted octanol–water partition coefficient (Wildman–Crippen LogP) is 2.76. The predicted molar refractivity (Wildman–Crippen MR) is 59.0 cm³/mol. The van der Waals surface area contributed by atoms with Crippen molar-refractivity contribution in [2.75, 3.05) is 13.2 Å². The van der Waals surface area contributed by atoms with E-state index < -0.39 is 0 Å². The Hall–Kier alpha value is -1.44. The molecule has 1 aliphatic rings. The Kier molecular flexibility index (Phi) is 5.38. The van der Waals surface area contributed by atoms with E-state index in [1.165, 1.54) is 18.9 Å². The van der Waals surface area contributed by atoms with Crippen LogP contribution in [0.5, 0.6) is 0 Å². The van der Waals surface area contributed by atoms with Crippen molar-refractivity contribution in [2.24, 2.45) is 4.99 Å². The third-order valence-corrected chi connectivity index (χ3v) is 2.04. The SMILES string of the molecule is C1CCOC1.Cc1ccc(N=C=O)cc1. The van der Waals surface area contributed by atoms with Gasteiger partial charge in [0.05, 0.1) is 5.69 Å². The Balaban J connectivity index is 0.000000187. The van der Waals surface area contributed by atoms with Crippen LogP contribution in [0.4, 0.5) is 5.69 Å². The van der Waals surface area contributed by atoms with Crippen LogP contribution in [0.15, 0.2) is 29.3 Å². The topological polar surface area (TPSA) is 38.7 Å². The zero-order chi connectivity index (χ0) is 10.9. The van der Waals surface area contributed by atoms with Gasteiger partial charge in [0, 0.05) is 13.2 Å². The Morgan fingerprint density at radius 3 is 2.20 bits per heavy atom. The maximum absolute atomic E-state index is 9.77. The lowest BCUT2D eigenvalue weighted by Crippen LogP contribution is -1.74. The maximum Gasteiger partial charge on any atom is 0.240 e. The van der Waals surface area contributed by atoms with Gasteiger partial charge in [-0.05, 0) is 31.9 Å². The first-order valence-corrected chi connectivity index (χ1v) is 5.05. The molecule has 80 valence electrons. The first-order valence-electron chi connectivity index (χ1n) is 5.05. The van der Waals surface area contributed by atoms with Crippen molar-refractivity contribution in [1.82, 2.24) is 0 Å². The molecule has 1 aromatic rings. The first kappa shape index (κ1) is 11.6. The average molecular weight is 205 g/mol. The van der Waals surface area contributed by atoms with Gasteiger partial charge in [0.25, 0.3) is 0 Å². The zero-order valence-corrected chi connectivity index (χ0v) is 8.90. The van der Waals surface area contributed by atoms with Crippen LogP contribution in [0.3, 0.4) is 0 Å². The molecular formula is C12H15NO2. The smallest absolute Gasteiger partial charge is 0.240 e. The fourth-order valence-electron chi connectivity index (χ4n) is 1.18. The van der Waals surface area contributed by atoms with Crippen molar-refractivity contribution in [3.8, 4) is 0 Å². The number of hydrogen-bond acceptors (Lipinski definition) is 3. The minimum absolute atomic E-state index is 0.653. The lowest BCUT2D eigenvalue weighted by Gasteiger charge is -1.89. The van der Waals surface area contributed by atoms with Crippen LogP contribution in [-0.2, 0) is 9.53 Å². The van der Waals surface area contributed by atoms with Crippen LogP contribution in [-0.4, -0.2) is 19.3 Å². The van der Waals surface area contributed by atoms with E-state index in [2.05, 4.69) is 4.99 Å². The van der Waals surface area contributed by atoms with Crippen LogP contribution >= 0.6 is 0 Å². The van der Waals surface area contributed by atoms with E-state index in [9.17, 15) is 4.79 Å². The third kappa shape index (κ3) is 5.11. The van der Waals surface area contributed by atoms with Crippen molar-refractivity contribution in [3.05, 3.63) is 29.8 Å². The largest absolute Gasteiger partial charge is 0.381 e. The van der Waals surface area contributed by atoms with Crippen LogP contribution in [0.2, 0.25) is 0 Å². The normalized spacial score (nSPS) is 13.7. The van der Waals surface area contributed by atoms with Gasteiger partial charge < -0.3 is 4.74 Å². The van der Waals surface area contributed by atoms with Crippen LogP contribution < -0.4 is 0 Å². The Morgan fingerprint density at radius 2 is 1.80 bits per heavy atom. The molecule has 3 nitrogen and oxygen atoms in total. The van der Waals surface area contributed by atoms with Gasteiger partial charge in [-0.2, -0.15) is 4.99 Å². The number of isocyanates is 1. The lowest BCUT2D eigenvalue weighted by atomic mass is 10.2. The standard InChI is InChI=1S/C8H7NO.C4H8O/c1-7-2-4-8(5-3-7)9-6-10;1-2-4-5-3-1/h2-5H,1H3;1-4H2. The molecule has 3 heteroatoms. The third-order valence-electron chi connectivity index (χ3n) is 2.04. The highest BCUT2D eigenvalue weighted by atomic mass is 16.5. The number of benzene rings is 1. The highest BCUT2D eigenvalue weighted by Crippen LogP contribution is 2.10. The van der Waals surface area contributed by atoms with E-state index in [1.807, 2.05) is 19.1 Å². The number of ether oxygens (including phenoxy) is 1.